The van der Waals surface area contributed by atoms with Crippen molar-refractivity contribution in [3.63, 3.8) is 0 Å². The number of nitriles is 1. The number of nitrogens with zero attached hydrogens (tertiary/aromatic N) is 1. The molecular weight excluding hydrogens is 292 g/mol. The van der Waals surface area contributed by atoms with E-state index in [1.807, 2.05) is 6.07 Å². The smallest absolute Gasteiger partial charge is 0.338 e. The average Bonchev–Trinajstić information content (AvgIpc) is 2.46. The standard InChI is InChI=1S/C15H13ClN2O3/c1-8-12(15(19)20-2)13(10(7-17)14(18)21-8)9-5-3-4-6-11(9)16/h3-6,13H,18H2,1-2H3/t13-/m1/s1. The van der Waals surface area contributed by atoms with Gasteiger partial charge in [0.2, 0.25) is 5.88 Å². The van der Waals surface area contributed by atoms with Gasteiger partial charge < -0.3 is 15.2 Å². The van der Waals surface area contributed by atoms with E-state index in [1.54, 1.807) is 31.2 Å². The van der Waals surface area contributed by atoms with Gasteiger partial charge in [0.15, 0.2) is 0 Å². The summed E-state index contributed by atoms with van der Waals surface area (Å²) in [5, 5.41) is 9.79. The largest absolute Gasteiger partial charge is 0.466 e. The molecule has 0 saturated heterocycles. The molecule has 0 saturated carbocycles. The minimum absolute atomic E-state index is 0.0347. The van der Waals surface area contributed by atoms with Crippen molar-refractivity contribution in [3.8, 4) is 6.07 Å². The highest BCUT2D eigenvalue weighted by Gasteiger charge is 2.36. The molecule has 5 nitrogen and oxygen atoms in total. The third-order valence-electron chi connectivity index (χ3n) is 3.23. The highest BCUT2D eigenvalue weighted by atomic mass is 35.5. The summed E-state index contributed by atoms with van der Waals surface area (Å²) in [7, 11) is 1.26. The molecule has 2 N–H and O–H groups in total. The third-order valence-corrected chi connectivity index (χ3v) is 3.57. The molecule has 1 heterocycles. The van der Waals surface area contributed by atoms with Gasteiger partial charge in [-0.3, -0.25) is 0 Å². The van der Waals surface area contributed by atoms with Crippen LogP contribution in [0.4, 0.5) is 0 Å². The Morgan fingerprint density at radius 1 is 1.48 bits per heavy atom. The number of allylic oxidation sites excluding steroid dienone is 2. The lowest BCUT2D eigenvalue weighted by atomic mass is 9.83. The first kappa shape index (κ1) is 14.9. The minimum atomic E-state index is -0.704. The van der Waals surface area contributed by atoms with Gasteiger partial charge in [0.1, 0.15) is 17.4 Å². The molecule has 2 rings (SSSR count). The molecule has 108 valence electrons. The van der Waals surface area contributed by atoms with E-state index in [-0.39, 0.29) is 17.0 Å². The van der Waals surface area contributed by atoms with Crippen LogP contribution in [-0.2, 0) is 14.3 Å². The molecule has 6 heteroatoms. The Bertz CT molecular complexity index is 701. The maximum atomic E-state index is 12.1. The molecule has 1 aromatic carbocycles. The summed E-state index contributed by atoms with van der Waals surface area (Å²) < 4.78 is 10.1. The Labute approximate surface area is 127 Å². The first-order valence-electron chi connectivity index (χ1n) is 6.12. The molecule has 1 aliphatic rings. The lowest BCUT2D eigenvalue weighted by Crippen LogP contribution is -2.25. The summed E-state index contributed by atoms with van der Waals surface area (Å²) in [6.45, 7) is 1.59. The second kappa shape index (κ2) is 5.90. The molecule has 0 aromatic heterocycles. The fourth-order valence-corrected chi connectivity index (χ4v) is 2.52. The molecule has 0 radical (unpaired) electrons. The van der Waals surface area contributed by atoms with E-state index in [1.165, 1.54) is 7.11 Å². The number of carbonyl (C=O) groups is 1. The number of halogens is 1. The summed E-state index contributed by atoms with van der Waals surface area (Å²) in [6.07, 6.45) is 0. The van der Waals surface area contributed by atoms with E-state index < -0.39 is 11.9 Å². The van der Waals surface area contributed by atoms with Crippen LogP contribution in [0, 0.1) is 11.3 Å². The predicted molar refractivity (Wildman–Crippen MR) is 76.8 cm³/mol. The number of methoxy groups -OCH3 is 1. The van der Waals surface area contributed by atoms with Gasteiger partial charge in [0.25, 0.3) is 0 Å². The van der Waals surface area contributed by atoms with Crippen molar-refractivity contribution >= 4 is 17.6 Å². The summed E-state index contributed by atoms with van der Waals surface area (Å²) in [4.78, 5) is 12.1. The van der Waals surface area contributed by atoms with Gasteiger partial charge in [-0.2, -0.15) is 5.26 Å². The van der Waals surface area contributed by atoms with E-state index in [0.29, 0.717) is 16.3 Å². The van der Waals surface area contributed by atoms with Crippen molar-refractivity contribution in [2.75, 3.05) is 7.11 Å². The topological polar surface area (TPSA) is 85.3 Å². The molecule has 21 heavy (non-hydrogen) atoms. The summed E-state index contributed by atoms with van der Waals surface area (Å²) in [6, 6.07) is 8.94. The molecule has 1 atom stereocenters. The van der Waals surface area contributed by atoms with Crippen molar-refractivity contribution < 1.29 is 14.3 Å². The zero-order chi connectivity index (χ0) is 15.6. The second-order valence-corrected chi connectivity index (χ2v) is 4.81. The van der Waals surface area contributed by atoms with Gasteiger partial charge in [-0.25, -0.2) is 4.79 Å². The molecule has 0 aliphatic carbocycles. The number of hydrogen-bond acceptors (Lipinski definition) is 5. The monoisotopic (exact) mass is 304 g/mol. The van der Waals surface area contributed by atoms with E-state index in [9.17, 15) is 10.1 Å². The van der Waals surface area contributed by atoms with E-state index in [4.69, 9.17) is 26.8 Å². The zero-order valence-electron chi connectivity index (χ0n) is 11.5. The van der Waals surface area contributed by atoms with Crippen molar-refractivity contribution in [3.05, 3.63) is 57.6 Å². The van der Waals surface area contributed by atoms with Crippen molar-refractivity contribution in [2.45, 2.75) is 12.8 Å². The number of rotatable bonds is 2. The fraction of sp³-hybridized carbons (Fsp3) is 0.200. The van der Waals surface area contributed by atoms with Gasteiger partial charge >= 0.3 is 5.97 Å². The van der Waals surface area contributed by atoms with Gasteiger partial charge in [-0.15, -0.1) is 0 Å². The molecule has 1 aliphatic heterocycles. The van der Waals surface area contributed by atoms with Gasteiger partial charge in [0.05, 0.1) is 18.6 Å². The summed E-state index contributed by atoms with van der Waals surface area (Å²) >= 11 is 6.20. The summed E-state index contributed by atoms with van der Waals surface area (Å²) in [5.41, 5.74) is 6.72. The van der Waals surface area contributed by atoms with Crippen molar-refractivity contribution in [2.24, 2.45) is 5.73 Å². The van der Waals surface area contributed by atoms with Crippen LogP contribution in [0.5, 0.6) is 0 Å². The Kier molecular flexibility index (Phi) is 4.20. The van der Waals surface area contributed by atoms with Crippen molar-refractivity contribution in [1.82, 2.24) is 0 Å². The Morgan fingerprint density at radius 3 is 2.71 bits per heavy atom. The van der Waals surface area contributed by atoms with Crippen LogP contribution in [-0.4, -0.2) is 13.1 Å². The number of carbonyl (C=O) groups excluding carboxylic acids is 1. The lowest BCUT2D eigenvalue weighted by Gasteiger charge is -2.27. The van der Waals surface area contributed by atoms with Crippen LogP contribution < -0.4 is 5.73 Å². The van der Waals surface area contributed by atoms with Gasteiger partial charge in [0, 0.05) is 5.02 Å². The van der Waals surface area contributed by atoms with Crippen LogP contribution in [0.3, 0.4) is 0 Å². The zero-order valence-corrected chi connectivity index (χ0v) is 12.3. The number of hydrogen-bond donors (Lipinski definition) is 1. The number of esters is 1. The number of nitrogens with two attached hydrogens (primary N) is 1. The second-order valence-electron chi connectivity index (χ2n) is 4.41. The maximum Gasteiger partial charge on any atom is 0.338 e. The normalized spacial score (nSPS) is 18.1. The molecule has 0 fully saturated rings. The average molecular weight is 305 g/mol. The number of benzene rings is 1. The Morgan fingerprint density at radius 2 is 2.14 bits per heavy atom. The number of ether oxygens (including phenoxy) is 2. The van der Waals surface area contributed by atoms with Crippen LogP contribution in [0.25, 0.3) is 0 Å². The van der Waals surface area contributed by atoms with E-state index in [0.717, 1.165) is 0 Å². The molecule has 0 unspecified atom stereocenters. The van der Waals surface area contributed by atoms with Gasteiger partial charge in [-0.05, 0) is 18.6 Å². The predicted octanol–water partition coefficient (Wildman–Crippen LogP) is 2.59. The highest BCUT2D eigenvalue weighted by Crippen LogP contribution is 2.41. The third kappa shape index (κ3) is 2.58. The van der Waals surface area contributed by atoms with Crippen LogP contribution in [0.2, 0.25) is 5.02 Å². The summed E-state index contributed by atoms with van der Waals surface area (Å²) in [5.74, 6) is -1.03. The Hall–Kier alpha value is -2.45. The quantitative estimate of drug-likeness (QED) is 0.849. The van der Waals surface area contributed by atoms with E-state index >= 15 is 0 Å². The fourth-order valence-electron chi connectivity index (χ4n) is 2.28. The molecule has 1 aromatic rings. The lowest BCUT2D eigenvalue weighted by molar-refractivity contribution is -0.136. The first-order chi connectivity index (χ1) is 10.0. The Balaban J connectivity index is 2.70. The minimum Gasteiger partial charge on any atom is -0.466 e. The van der Waals surface area contributed by atoms with E-state index in [2.05, 4.69) is 0 Å². The molecule has 0 amide bonds. The van der Waals surface area contributed by atoms with Gasteiger partial charge in [-0.1, -0.05) is 29.8 Å². The maximum absolute atomic E-state index is 12.1. The first-order valence-corrected chi connectivity index (χ1v) is 6.50. The highest BCUT2D eigenvalue weighted by molar-refractivity contribution is 6.31. The molecule has 0 spiro atoms. The van der Waals surface area contributed by atoms with Crippen LogP contribution >= 0.6 is 11.6 Å². The SMILES string of the molecule is COC(=O)C1=C(C)OC(N)=C(C#N)[C@H]1c1ccccc1Cl. The van der Waals surface area contributed by atoms with Crippen LogP contribution in [0.1, 0.15) is 18.4 Å². The molecular formula is C15H13ClN2O3. The van der Waals surface area contributed by atoms with Crippen LogP contribution in [0.15, 0.2) is 47.1 Å². The van der Waals surface area contributed by atoms with Crippen molar-refractivity contribution in [1.29, 1.82) is 5.26 Å². The molecule has 0 bridgehead atoms.